The zero-order valence-corrected chi connectivity index (χ0v) is 21.7. The van der Waals surface area contributed by atoms with Gasteiger partial charge in [0.25, 0.3) is 0 Å². The van der Waals surface area contributed by atoms with Crippen molar-refractivity contribution in [2.45, 2.75) is 53.4 Å². The van der Waals surface area contributed by atoms with Gasteiger partial charge in [0.2, 0.25) is 0 Å². The summed E-state index contributed by atoms with van der Waals surface area (Å²) in [5, 5.41) is 10.8. The smallest absolute Gasteiger partial charge is 0.161 e. The van der Waals surface area contributed by atoms with Crippen molar-refractivity contribution < 1.29 is 0 Å². The van der Waals surface area contributed by atoms with Crippen LogP contribution in [-0.2, 0) is 0 Å². The van der Waals surface area contributed by atoms with Crippen LogP contribution in [0.25, 0.3) is 5.65 Å². The molecular formula is C28H42N6. The standard InChI is InChI=1S/C20H19N5.C4H11N.2C2H6/c1-2-14-4-3-5-15(12-14)18-13-22-25-11-10-19(24-20(18)25)23-17-8-6-16(21)7-9-17;1-3-4-5-2;2*1-2/h2-4,6-13,15H,1,5,21H2,(H,23,24);5H,3-4H2,1-2H3;2*1-2H3. The Balaban J connectivity index is 0.000000563. The van der Waals surface area contributed by atoms with Gasteiger partial charge in [0.1, 0.15) is 5.82 Å². The molecule has 0 amide bonds. The first kappa shape index (κ1) is 28.7. The number of nitrogens with one attached hydrogen (secondary N) is 2. The maximum absolute atomic E-state index is 5.73. The lowest BCUT2D eigenvalue weighted by molar-refractivity contribution is 0.772. The van der Waals surface area contributed by atoms with Gasteiger partial charge in [0, 0.05) is 29.1 Å². The molecule has 1 atom stereocenters. The summed E-state index contributed by atoms with van der Waals surface area (Å²) < 4.78 is 1.81. The van der Waals surface area contributed by atoms with Gasteiger partial charge >= 0.3 is 0 Å². The van der Waals surface area contributed by atoms with Gasteiger partial charge in [-0.25, -0.2) is 9.50 Å². The van der Waals surface area contributed by atoms with E-state index in [0.717, 1.165) is 46.9 Å². The van der Waals surface area contributed by atoms with Gasteiger partial charge in [-0.1, -0.05) is 65.5 Å². The first-order valence-electron chi connectivity index (χ1n) is 12.3. The normalized spacial score (nSPS) is 13.8. The number of nitrogens with two attached hydrogens (primary N) is 1. The molecule has 0 saturated heterocycles. The molecule has 4 N–H and O–H groups in total. The lowest BCUT2D eigenvalue weighted by Gasteiger charge is -2.14. The highest BCUT2D eigenvalue weighted by Crippen LogP contribution is 2.30. The van der Waals surface area contributed by atoms with Crippen LogP contribution in [0.15, 0.2) is 79.2 Å². The summed E-state index contributed by atoms with van der Waals surface area (Å²) >= 11 is 0. The fourth-order valence-corrected chi connectivity index (χ4v) is 3.24. The van der Waals surface area contributed by atoms with Gasteiger partial charge in [-0.05, 0) is 62.3 Å². The van der Waals surface area contributed by atoms with Crippen molar-refractivity contribution in [3.05, 3.63) is 84.7 Å². The molecule has 2 aromatic heterocycles. The van der Waals surface area contributed by atoms with Crippen LogP contribution in [0, 0.1) is 0 Å². The van der Waals surface area contributed by atoms with Crippen LogP contribution in [0.2, 0.25) is 0 Å². The predicted molar refractivity (Wildman–Crippen MR) is 149 cm³/mol. The van der Waals surface area contributed by atoms with E-state index in [-0.39, 0.29) is 5.92 Å². The number of hydrogen-bond donors (Lipinski definition) is 3. The molecule has 3 aromatic rings. The van der Waals surface area contributed by atoms with Gasteiger partial charge in [0.15, 0.2) is 5.65 Å². The molecular weight excluding hydrogens is 420 g/mol. The Kier molecular flexibility index (Phi) is 13.7. The lowest BCUT2D eigenvalue weighted by atomic mass is 9.91. The fraction of sp³-hybridized carbons (Fsp3) is 0.357. The Hall–Kier alpha value is -3.38. The number of aromatic nitrogens is 3. The van der Waals surface area contributed by atoms with E-state index in [1.54, 1.807) is 0 Å². The van der Waals surface area contributed by atoms with E-state index >= 15 is 0 Å². The maximum Gasteiger partial charge on any atom is 0.161 e. The molecule has 0 aliphatic heterocycles. The number of allylic oxidation sites excluding steroid dienone is 5. The van der Waals surface area contributed by atoms with E-state index in [9.17, 15) is 0 Å². The molecule has 0 radical (unpaired) electrons. The van der Waals surface area contributed by atoms with Crippen LogP contribution < -0.4 is 16.4 Å². The number of benzene rings is 1. The van der Waals surface area contributed by atoms with Gasteiger partial charge in [-0.15, -0.1) is 0 Å². The number of rotatable bonds is 6. The number of hydrogen-bond acceptors (Lipinski definition) is 5. The van der Waals surface area contributed by atoms with Crippen molar-refractivity contribution in [2.24, 2.45) is 0 Å². The highest BCUT2D eigenvalue weighted by Gasteiger charge is 2.17. The summed E-state index contributed by atoms with van der Waals surface area (Å²) in [6.07, 6.45) is 14.3. The van der Waals surface area contributed by atoms with Crippen LogP contribution in [0.3, 0.4) is 0 Å². The van der Waals surface area contributed by atoms with Gasteiger partial charge in [0.05, 0.1) is 6.20 Å². The predicted octanol–water partition coefficient (Wildman–Crippen LogP) is 6.88. The molecule has 4 rings (SSSR count). The minimum Gasteiger partial charge on any atom is -0.399 e. The Morgan fingerprint density at radius 2 is 1.85 bits per heavy atom. The molecule has 6 nitrogen and oxygen atoms in total. The maximum atomic E-state index is 5.73. The van der Waals surface area contributed by atoms with E-state index in [1.165, 1.54) is 6.42 Å². The summed E-state index contributed by atoms with van der Waals surface area (Å²) in [5.41, 5.74) is 10.5. The molecule has 2 heterocycles. The van der Waals surface area contributed by atoms with Crippen molar-refractivity contribution >= 4 is 22.8 Å². The minimum absolute atomic E-state index is 0.259. The Morgan fingerprint density at radius 3 is 2.44 bits per heavy atom. The molecule has 6 heteroatoms. The van der Waals surface area contributed by atoms with Crippen LogP contribution in [0.5, 0.6) is 0 Å². The second-order valence-electron chi connectivity index (χ2n) is 7.15. The first-order chi connectivity index (χ1) is 16.6. The second-order valence-corrected chi connectivity index (χ2v) is 7.15. The van der Waals surface area contributed by atoms with E-state index in [4.69, 9.17) is 10.7 Å². The van der Waals surface area contributed by atoms with Crippen LogP contribution >= 0.6 is 0 Å². The highest BCUT2D eigenvalue weighted by molar-refractivity contribution is 5.62. The molecule has 184 valence electrons. The van der Waals surface area contributed by atoms with Crippen LogP contribution in [-0.4, -0.2) is 28.2 Å². The van der Waals surface area contributed by atoms with E-state index < -0.39 is 0 Å². The number of fused-ring (bicyclic) bond motifs is 1. The Morgan fingerprint density at radius 1 is 1.15 bits per heavy atom. The van der Waals surface area contributed by atoms with Gasteiger partial charge in [-0.3, -0.25) is 0 Å². The zero-order chi connectivity index (χ0) is 25.3. The van der Waals surface area contributed by atoms with Crippen LogP contribution in [0.4, 0.5) is 17.2 Å². The number of anilines is 3. The summed E-state index contributed by atoms with van der Waals surface area (Å²) in [6.45, 7) is 15.1. The van der Waals surface area contributed by atoms with Crippen LogP contribution in [0.1, 0.15) is 58.9 Å². The van der Waals surface area contributed by atoms with Crippen molar-refractivity contribution in [2.75, 3.05) is 24.6 Å². The quantitative estimate of drug-likeness (QED) is 0.348. The third-order valence-electron chi connectivity index (χ3n) is 4.81. The third-order valence-corrected chi connectivity index (χ3v) is 4.81. The van der Waals surface area contributed by atoms with Crippen molar-refractivity contribution in [3.8, 4) is 0 Å². The van der Waals surface area contributed by atoms with Crippen molar-refractivity contribution in [1.29, 1.82) is 0 Å². The molecule has 1 unspecified atom stereocenters. The summed E-state index contributed by atoms with van der Waals surface area (Å²) in [4.78, 5) is 4.76. The molecule has 0 fully saturated rings. The average Bonchev–Trinajstić information content (AvgIpc) is 3.32. The second kappa shape index (κ2) is 16.3. The minimum atomic E-state index is 0.259. The Labute approximate surface area is 205 Å². The SMILES string of the molecule is C=CC1=CC(c2cnn3ccc(Nc4ccc(N)cc4)nc23)CC=C1.CC.CC.CCCNC. The number of nitrogen functional groups attached to an aromatic ring is 1. The Bertz CT molecular complexity index is 1030. The zero-order valence-electron chi connectivity index (χ0n) is 21.7. The van der Waals surface area contributed by atoms with E-state index in [1.807, 2.05) is 88.1 Å². The monoisotopic (exact) mass is 462 g/mol. The van der Waals surface area contributed by atoms with E-state index in [0.29, 0.717) is 0 Å². The van der Waals surface area contributed by atoms with E-state index in [2.05, 4.69) is 47.5 Å². The topological polar surface area (TPSA) is 80.3 Å². The third kappa shape index (κ3) is 8.52. The summed E-state index contributed by atoms with van der Waals surface area (Å²) in [5.74, 6) is 1.04. The summed E-state index contributed by atoms with van der Waals surface area (Å²) in [6, 6.07) is 9.50. The molecule has 0 saturated carbocycles. The molecule has 1 aromatic carbocycles. The van der Waals surface area contributed by atoms with Crippen molar-refractivity contribution in [1.82, 2.24) is 19.9 Å². The van der Waals surface area contributed by atoms with Gasteiger partial charge in [-0.2, -0.15) is 5.10 Å². The molecule has 0 spiro atoms. The first-order valence-corrected chi connectivity index (χ1v) is 12.3. The lowest BCUT2D eigenvalue weighted by Crippen LogP contribution is -2.04. The largest absolute Gasteiger partial charge is 0.399 e. The molecule has 1 aliphatic carbocycles. The highest BCUT2D eigenvalue weighted by atomic mass is 15.2. The fourth-order valence-electron chi connectivity index (χ4n) is 3.24. The summed E-state index contributed by atoms with van der Waals surface area (Å²) in [7, 11) is 1.96. The molecule has 0 bridgehead atoms. The molecule has 1 aliphatic rings. The average molecular weight is 463 g/mol. The molecule has 34 heavy (non-hydrogen) atoms. The number of nitrogens with zero attached hydrogens (tertiary/aromatic N) is 3. The van der Waals surface area contributed by atoms with Gasteiger partial charge < -0.3 is 16.4 Å². The van der Waals surface area contributed by atoms with Crippen molar-refractivity contribution in [3.63, 3.8) is 0 Å².